The molecule has 0 radical (unpaired) electrons. The van der Waals surface area contributed by atoms with Gasteiger partial charge in [0.1, 0.15) is 0 Å². The van der Waals surface area contributed by atoms with Crippen LogP contribution in [0.5, 0.6) is 0 Å². The van der Waals surface area contributed by atoms with Gasteiger partial charge in [-0.2, -0.15) is 0 Å². The number of esters is 2. The molecule has 0 fully saturated rings. The average molecular weight is 533 g/mol. The zero-order valence-electron chi connectivity index (χ0n) is 24.9. The van der Waals surface area contributed by atoms with Crippen LogP contribution >= 0.6 is 0 Å². The van der Waals surface area contributed by atoms with Crippen LogP contribution in [-0.4, -0.2) is 36.7 Å². The molecule has 0 saturated carbocycles. The number of rotatable bonds is 20. The van der Waals surface area contributed by atoms with Crippen LogP contribution in [0.2, 0.25) is 0 Å². The molecular weight excluding hydrogens is 480 g/mol. The fraction of sp³-hybridized carbons (Fsp3) is 0.750. The topological polar surface area (TPSA) is 86.7 Å². The smallest absolute Gasteiger partial charge is 0.306 e. The Morgan fingerprint density at radius 1 is 0.632 bits per heavy atom. The summed E-state index contributed by atoms with van der Waals surface area (Å²) in [6.45, 7) is 12.6. The van der Waals surface area contributed by atoms with Gasteiger partial charge in [-0.1, -0.05) is 92.9 Å². The highest BCUT2D eigenvalue weighted by atomic mass is 16.5. The van der Waals surface area contributed by atoms with Crippen molar-refractivity contribution in [3.63, 3.8) is 0 Å². The molecule has 0 aromatic rings. The minimum absolute atomic E-state index is 0.0425. The van der Waals surface area contributed by atoms with Crippen LogP contribution in [0.25, 0.3) is 0 Å². The van der Waals surface area contributed by atoms with E-state index in [9.17, 15) is 19.2 Å². The van der Waals surface area contributed by atoms with Crippen molar-refractivity contribution in [1.82, 2.24) is 0 Å². The first kappa shape index (κ1) is 33.8. The highest BCUT2D eigenvalue weighted by Gasteiger charge is 2.37. The van der Waals surface area contributed by atoms with Crippen molar-refractivity contribution < 1.29 is 28.7 Å². The lowest BCUT2D eigenvalue weighted by Gasteiger charge is -2.32. The molecule has 0 aromatic carbocycles. The maximum absolute atomic E-state index is 13.1. The molecule has 38 heavy (non-hydrogen) atoms. The molecule has 0 heterocycles. The molecule has 0 atom stereocenters. The van der Waals surface area contributed by atoms with Gasteiger partial charge in [-0.25, -0.2) is 0 Å². The first-order valence-corrected chi connectivity index (χ1v) is 14.8. The number of hydrogen-bond acceptors (Lipinski definition) is 6. The number of hydrogen-bond donors (Lipinski definition) is 0. The number of carbonyl (C=O) groups excluding carboxylic acids is 4. The van der Waals surface area contributed by atoms with Gasteiger partial charge in [-0.3, -0.25) is 19.2 Å². The van der Waals surface area contributed by atoms with Gasteiger partial charge in [0.25, 0.3) is 0 Å². The molecule has 6 heteroatoms. The van der Waals surface area contributed by atoms with Crippen molar-refractivity contribution in [2.45, 2.75) is 131 Å². The van der Waals surface area contributed by atoms with Crippen molar-refractivity contribution >= 4 is 23.5 Å². The maximum atomic E-state index is 13.1. The Morgan fingerprint density at radius 2 is 1.08 bits per heavy atom. The standard InChI is InChI=1S/C32H52O6/c1-7-9-11-13-14-16-21-38-30(36)24-32(5,6)26-23-27(33)25(22-28(26)34)31(3,4)19-17-18-29(35)37-20-15-12-10-8-2/h22-23H,7-21,24H2,1-6H3. The maximum Gasteiger partial charge on any atom is 0.306 e. The van der Waals surface area contributed by atoms with E-state index in [2.05, 4.69) is 13.8 Å². The van der Waals surface area contributed by atoms with Gasteiger partial charge >= 0.3 is 11.9 Å². The SMILES string of the molecule is CCCCCCCCOC(=O)CC(C)(C)C1=CC(=O)C(C(C)(C)CCCC(=O)OCCCCCC)=CC1=O. The summed E-state index contributed by atoms with van der Waals surface area (Å²) in [4.78, 5) is 50.6. The van der Waals surface area contributed by atoms with E-state index in [1.54, 1.807) is 13.8 Å². The Balaban J connectivity index is 2.56. The molecule has 0 saturated heterocycles. The van der Waals surface area contributed by atoms with Gasteiger partial charge in [-0.05, 0) is 43.3 Å². The number of unbranched alkanes of at least 4 members (excludes halogenated alkanes) is 8. The minimum atomic E-state index is -0.808. The third-order valence-corrected chi connectivity index (χ3v) is 7.33. The summed E-state index contributed by atoms with van der Waals surface area (Å²) in [5, 5.41) is 0. The number of ether oxygens (including phenoxy) is 2. The predicted molar refractivity (Wildman–Crippen MR) is 152 cm³/mol. The summed E-state index contributed by atoms with van der Waals surface area (Å²) in [7, 11) is 0. The normalized spacial score (nSPS) is 14.3. The lowest BCUT2D eigenvalue weighted by molar-refractivity contribution is -0.146. The van der Waals surface area contributed by atoms with Gasteiger partial charge in [0.2, 0.25) is 0 Å². The van der Waals surface area contributed by atoms with Crippen LogP contribution in [0.1, 0.15) is 131 Å². The van der Waals surface area contributed by atoms with Crippen LogP contribution < -0.4 is 0 Å². The van der Waals surface area contributed by atoms with E-state index in [1.165, 1.54) is 31.4 Å². The fourth-order valence-corrected chi connectivity index (χ4v) is 4.79. The van der Waals surface area contributed by atoms with E-state index in [-0.39, 0.29) is 29.9 Å². The molecule has 1 rings (SSSR count). The van der Waals surface area contributed by atoms with Gasteiger partial charge in [0.15, 0.2) is 11.6 Å². The Labute approximate surface area is 231 Å². The van der Waals surface area contributed by atoms with Crippen molar-refractivity contribution in [3.05, 3.63) is 23.3 Å². The zero-order chi connectivity index (χ0) is 28.6. The molecule has 0 aromatic heterocycles. The Morgan fingerprint density at radius 3 is 1.63 bits per heavy atom. The third kappa shape index (κ3) is 12.5. The van der Waals surface area contributed by atoms with Crippen LogP contribution in [0.3, 0.4) is 0 Å². The first-order valence-electron chi connectivity index (χ1n) is 14.8. The third-order valence-electron chi connectivity index (χ3n) is 7.33. The zero-order valence-corrected chi connectivity index (χ0v) is 24.9. The molecule has 216 valence electrons. The molecule has 0 spiro atoms. The van der Waals surface area contributed by atoms with E-state index in [0.29, 0.717) is 43.6 Å². The molecule has 0 aliphatic heterocycles. The highest BCUT2D eigenvalue weighted by molar-refractivity contribution is 6.21. The molecule has 0 bridgehead atoms. The van der Waals surface area contributed by atoms with Crippen LogP contribution in [0.4, 0.5) is 0 Å². The molecule has 6 nitrogen and oxygen atoms in total. The molecule has 0 amide bonds. The van der Waals surface area contributed by atoms with E-state index in [4.69, 9.17) is 9.47 Å². The van der Waals surface area contributed by atoms with E-state index in [1.807, 2.05) is 13.8 Å². The minimum Gasteiger partial charge on any atom is -0.466 e. The fourth-order valence-electron chi connectivity index (χ4n) is 4.79. The number of allylic oxidation sites excluding steroid dienone is 4. The molecule has 1 aliphatic rings. The number of carbonyl (C=O) groups is 4. The predicted octanol–water partition coefficient (Wildman–Crippen LogP) is 7.63. The van der Waals surface area contributed by atoms with Crippen molar-refractivity contribution in [2.75, 3.05) is 13.2 Å². The van der Waals surface area contributed by atoms with E-state index >= 15 is 0 Å². The second-order valence-electron chi connectivity index (χ2n) is 11.9. The largest absolute Gasteiger partial charge is 0.466 e. The van der Waals surface area contributed by atoms with Gasteiger partial charge in [0.05, 0.1) is 19.6 Å². The van der Waals surface area contributed by atoms with Gasteiger partial charge < -0.3 is 9.47 Å². The summed E-state index contributed by atoms with van der Waals surface area (Å²) in [6, 6.07) is 0. The van der Waals surface area contributed by atoms with Crippen molar-refractivity contribution in [3.8, 4) is 0 Å². The average Bonchev–Trinajstić information content (AvgIpc) is 2.84. The summed E-state index contributed by atoms with van der Waals surface area (Å²) < 4.78 is 10.7. The molecule has 0 N–H and O–H groups in total. The van der Waals surface area contributed by atoms with Gasteiger partial charge in [0, 0.05) is 23.0 Å². The molecule has 1 aliphatic carbocycles. The summed E-state index contributed by atoms with van der Waals surface area (Å²) in [5.74, 6) is -1.02. The lowest BCUT2D eigenvalue weighted by Crippen LogP contribution is -2.31. The lowest BCUT2D eigenvalue weighted by atomic mass is 9.71. The van der Waals surface area contributed by atoms with Crippen molar-refractivity contribution in [2.24, 2.45) is 10.8 Å². The van der Waals surface area contributed by atoms with Crippen LogP contribution in [0, 0.1) is 10.8 Å². The van der Waals surface area contributed by atoms with Crippen LogP contribution in [-0.2, 0) is 28.7 Å². The Bertz CT molecular complexity index is 846. The monoisotopic (exact) mass is 532 g/mol. The Hall–Kier alpha value is -2.24. The van der Waals surface area contributed by atoms with Crippen LogP contribution in [0.15, 0.2) is 23.3 Å². The Kier molecular flexibility index (Phi) is 15.4. The summed E-state index contributed by atoms with van der Waals surface area (Å²) in [6.07, 6.45) is 15.2. The summed E-state index contributed by atoms with van der Waals surface area (Å²) in [5.41, 5.74) is -0.583. The second-order valence-corrected chi connectivity index (χ2v) is 11.9. The van der Waals surface area contributed by atoms with Gasteiger partial charge in [-0.15, -0.1) is 0 Å². The summed E-state index contributed by atoms with van der Waals surface area (Å²) >= 11 is 0. The number of ketones is 2. The molecular formula is C32H52O6. The quantitative estimate of drug-likeness (QED) is 0.0910. The van der Waals surface area contributed by atoms with E-state index < -0.39 is 10.8 Å². The van der Waals surface area contributed by atoms with Crippen molar-refractivity contribution in [1.29, 1.82) is 0 Å². The second kappa shape index (κ2) is 17.4. The van der Waals surface area contributed by atoms with E-state index in [0.717, 1.165) is 44.9 Å². The first-order chi connectivity index (χ1) is 17.9. The highest BCUT2D eigenvalue weighted by Crippen LogP contribution is 2.39. The molecule has 0 unspecified atom stereocenters.